The molecule has 31 heteroatoms. The van der Waals surface area contributed by atoms with E-state index in [-0.39, 0.29) is 61.7 Å². The van der Waals surface area contributed by atoms with Gasteiger partial charge in [0.2, 0.25) is 57.3 Å². The van der Waals surface area contributed by atoms with Crippen LogP contribution in [0.25, 0.3) is 10.9 Å². The number of rotatable bonds is 28. The number of primary amides is 1. The molecule has 2 heterocycles. The number of aromatic hydroxyl groups is 1. The smallest absolute Gasteiger partial charge is 0.407 e. The Morgan fingerprint density at radius 3 is 2.14 bits per heavy atom. The number of sulfonamides is 1. The number of aromatic nitrogens is 1. The molecule has 1 aliphatic rings. The number of para-hydroxylation sites is 1. The molecule has 0 radical (unpaired) electrons. The lowest BCUT2D eigenvalue weighted by molar-refractivity contribution is -0.136. The summed E-state index contributed by atoms with van der Waals surface area (Å²) >= 11 is 0. The van der Waals surface area contributed by atoms with Crippen LogP contribution in [0.4, 0.5) is 4.79 Å². The van der Waals surface area contributed by atoms with E-state index >= 15 is 14.4 Å². The molecule has 0 unspecified atom stereocenters. The van der Waals surface area contributed by atoms with Gasteiger partial charge in [0, 0.05) is 60.0 Å². The lowest BCUT2D eigenvalue weighted by Crippen LogP contribution is -2.62. The monoisotopic (exact) mass is 1380 g/mol. The standard InChI is InChI=1S/C62H86N12O14S5/c1-10-14-21-38(12-3)30-47(74-93(9,86)87)57(81)71-49-35-89-90-36-50(59(83)70-48(53(63)77)34-91-92-51(20-11-2)64-13-4)72-60(84)52(37(5)75)73-54(78)44(24-16-15-19-29-65-61(85)88-62(6,7)8)67-56(80)46(32-40-33-66-43-23-18-17-22-42(40)43)69-55(79)45(68-58(49)82)31-39-25-27-41(76)28-26-39/h10-14,17-18,20-23,25-28,33,37,44-50,52,66,74-76H,1-2,15-16,19,24,29-32,34-36H2,3-9H3,(H2,63,77)(H,65,85)(H,67,80)(H,68,82)(H,69,79)(H,70,83)(H,71,81)(H,72,84)(H,73,78)/b21-14-,38-12+,51-20+,64-13-/t37-,44+,45+,46-,47-,48+,49+,50+,52+/m1/s1. The molecule has 93 heavy (non-hydrogen) atoms. The molecule has 1 aliphatic heterocycles. The minimum atomic E-state index is -4.10. The first-order chi connectivity index (χ1) is 44.0. The number of nitrogens with two attached hydrogens (primary N) is 1. The molecule has 4 rings (SSSR count). The molecule has 0 aliphatic carbocycles. The second-order valence-electron chi connectivity index (χ2n) is 22.4. The number of alkyl carbamates (subject to hydrolysis) is 1. The van der Waals surface area contributed by atoms with Crippen LogP contribution < -0.4 is 53.0 Å². The number of aliphatic imine (C=N–C) groups is 1. The fourth-order valence-electron chi connectivity index (χ4n) is 8.94. The third-order valence-electron chi connectivity index (χ3n) is 13.6. The van der Waals surface area contributed by atoms with E-state index in [1.54, 1.807) is 95.6 Å². The summed E-state index contributed by atoms with van der Waals surface area (Å²) in [6.07, 6.45) is 11.4. The Bertz CT molecular complexity index is 3330. The molecular weight excluding hydrogens is 1300 g/mol. The van der Waals surface area contributed by atoms with Crippen molar-refractivity contribution in [2.45, 2.75) is 147 Å². The molecule has 26 nitrogen and oxygen atoms in total. The number of nitrogens with one attached hydrogen (secondary N) is 10. The molecular formula is C62H86N12O14S5. The summed E-state index contributed by atoms with van der Waals surface area (Å²) in [6, 6.07) is 0.430. The molecule has 1 aromatic heterocycles. The number of allylic oxidation sites excluding steroid dienone is 6. The number of phenols is 1. The van der Waals surface area contributed by atoms with Crippen LogP contribution in [0, 0.1) is 0 Å². The highest BCUT2D eigenvalue weighted by Crippen LogP contribution is 2.32. The van der Waals surface area contributed by atoms with Gasteiger partial charge in [0.05, 0.1) is 12.4 Å². The predicted molar refractivity (Wildman–Crippen MR) is 368 cm³/mol. The molecule has 508 valence electrons. The molecule has 2 aromatic carbocycles. The van der Waals surface area contributed by atoms with Crippen molar-refractivity contribution in [1.29, 1.82) is 0 Å². The molecule has 14 N–H and O–H groups in total. The van der Waals surface area contributed by atoms with Gasteiger partial charge >= 0.3 is 6.09 Å². The highest BCUT2D eigenvalue weighted by atomic mass is 33.1. The number of fused-ring (bicyclic) bond motifs is 1. The summed E-state index contributed by atoms with van der Waals surface area (Å²) in [5.41, 5.74) is 7.21. The van der Waals surface area contributed by atoms with Crippen LogP contribution >= 0.6 is 43.2 Å². The minimum Gasteiger partial charge on any atom is -0.508 e. The summed E-state index contributed by atoms with van der Waals surface area (Å²) in [5, 5.41) is 44.0. The Morgan fingerprint density at radius 1 is 0.849 bits per heavy atom. The van der Waals surface area contributed by atoms with Gasteiger partial charge < -0.3 is 68.2 Å². The van der Waals surface area contributed by atoms with E-state index in [9.17, 15) is 47.4 Å². The number of phenolic OH excluding ortho intramolecular Hbond substituents is 1. The number of benzene rings is 2. The Hall–Kier alpha value is -7.55. The minimum absolute atomic E-state index is 0.0953. The number of hydrogen-bond donors (Lipinski definition) is 13. The maximum atomic E-state index is 15.1. The zero-order valence-corrected chi connectivity index (χ0v) is 57.1. The number of hydrogen-bond acceptors (Lipinski definition) is 19. The molecule has 0 saturated carbocycles. The molecule has 3 aromatic rings. The van der Waals surface area contributed by atoms with Crippen LogP contribution in [0.3, 0.4) is 0 Å². The normalized spacial score (nSPS) is 20.6. The predicted octanol–water partition coefficient (Wildman–Crippen LogP) is 3.89. The lowest BCUT2D eigenvalue weighted by atomic mass is 10.0. The van der Waals surface area contributed by atoms with E-state index in [4.69, 9.17) is 10.5 Å². The van der Waals surface area contributed by atoms with Crippen LogP contribution in [0.1, 0.15) is 84.8 Å². The summed E-state index contributed by atoms with van der Waals surface area (Å²) < 4.78 is 33.3. The van der Waals surface area contributed by atoms with Crippen molar-refractivity contribution in [2.24, 2.45) is 10.7 Å². The van der Waals surface area contributed by atoms with Crippen LogP contribution in [0.2, 0.25) is 0 Å². The lowest BCUT2D eigenvalue weighted by Gasteiger charge is -2.29. The Balaban J connectivity index is 1.90. The van der Waals surface area contributed by atoms with Crippen molar-refractivity contribution in [3.05, 3.63) is 126 Å². The van der Waals surface area contributed by atoms with Crippen LogP contribution in [-0.4, -0.2) is 173 Å². The van der Waals surface area contributed by atoms with Gasteiger partial charge in [0.15, 0.2) is 0 Å². The highest BCUT2D eigenvalue weighted by Gasteiger charge is 2.37. The second-order valence-corrected chi connectivity index (χ2v) is 29.1. The van der Waals surface area contributed by atoms with Gasteiger partial charge in [0.25, 0.3) is 0 Å². The van der Waals surface area contributed by atoms with Gasteiger partial charge in [-0.25, -0.2) is 17.9 Å². The van der Waals surface area contributed by atoms with E-state index in [0.717, 1.165) is 49.4 Å². The molecule has 9 atom stereocenters. The van der Waals surface area contributed by atoms with Crippen molar-refractivity contribution in [3.63, 3.8) is 0 Å². The van der Waals surface area contributed by atoms with Gasteiger partial charge in [-0.1, -0.05) is 125 Å². The fourth-order valence-corrected chi connectivity index (χ4v) is 14.1. The van der Waals surface area contributed by atoms with E-state index in [1.807, 2.05) is 0 Å². The van der Waals surface area contributed by atoms with E-state index < -0.39 is 123 Å². The number of carbonyl (C=O) groups is 9. The molecule has 1 saturated heterocycles. The average Bonchev–Trinajstić information content (AvgIpc) is 1.79. The van der Waals surface area contributed by atoms with E-state index in [1.165, 1.54) is 43.3 Å². The Kier molecular flexibility index (Phi) is 32.9. The first kappa shape index (κ1) is 77.9. The molecule has 0 bridgehead atoms. The third kappa shape index (κ3) is 28.3. The first-order valence-electron chi connectivity index (χ1n) is 29.7. The van der Waals surface area contributed by atoms with Gasteiger partial charge in [-0.15, -0.1) is 0 Å². The zero-order valence-electron chi connectivity index (χ0n) is 53.0. The molecule has 0 spiro atoms. The van der Waals surface area contributed by atoms with E-state index in [2.05, 4.69) is 70.4 Å². The van der Waals surface area contributed by atoms with Crippen LogP contribution in [-0.2, 0) is 66.0 Å². The number of carbonyl (C=O) groups excluding carboxylic acids is 9. The largest absolute Gasteiger partial charge is 0.508 e. The van der Waals surface area contributed by atoms with E-state index in [0.29, 0.717) is 45.5 Å². The Morgan fingerprint density at radius 2 is 1.51 bits per heavy atom. The number of aliphatic hydroxyl groups is 1. The highest BCUT2D eigenvalue weighted by molar-refractivity contribution is 8.78. The van der Waals surface area contributed by atoms with Crippen LogP contribution in [0.15, 0.2) is 120 Å². The number of unbranched alkanes of at least 4 members (excludes halogenated alkanes) is 2. The second kappa shape index (κ2) is 39.2. The summed E-state index contributed by atoms with van der Waals surface area (Å²) in [5.74, 6) is -8.64. The quantitative estimate of drug-likeness (QED) is 0.0212. The fraction of sp³-hybridized carbons (Fsp3) is 0.452. The van der Waals surface area contributed by atoms with Crippen molar-refractivity contribution in [3.8, 4) is 5.75 Å². The number of aliphatic hydroxyl groups excluding tert-OH is 1. The topological polar surface area (TPSA) is 400 Å². The van der Waals surface area contributed by atoms with Crippen LogP contribution in [0.5, 0.6) is 5.75 Å². The average molecular weight is 1380 g/mol. The summed E-state index contributed by atoms with van der Waals surface area (Å²) in [6.45, 7) is 17.3. The number of nitrogens with zero attached hydrogens (tertiary/aromatic N) is 1. The third-order valence-corrected chi connectivity index (χ3v) is 19.0. The number of H-pyrrole nitrogens is 1. The maximum absolute atomic E-state index is 15.1. The summed E-state index contributed by atoms with van der Waals surface area (Å²) in [7, 11) is -0.0147. The number of ether oxygens (including phenoxy) is 1. The van der Waals surface area contributed by atoms with Crippen molar-refractivity contribution in [1.82, 2.24) is 52.2 Å². The molecule has 9 amide bonds. The number of amides is 9. The SMILES string of the molecule is C=C/C=C\C(=C/C)C[C@@H](NS(C)(=O)=O)C(=O)N[C@H]1CSSC[C@@H](C(=O)N[C@@H](CSSC(=C/C=C)/N=C\C)C(N)=O)NC(=O)[C@H]([C@@H](C)O)NC(=O)[C@H](CCCCCNC(=O)OC(C)(C)C)NC(=O)[C@@H](Cc2c[nH]c3ccccc23)NC(=O)[C@H](Cc2ccc(O)cc2)NC1=O. The van der Waals surface area contributed by atoms with Gasteiger partial charge in [-0.05, 0) is 107 Å². The number of aromatic amines is 1. The summed E-state index contributed by atoms with van der Waals surface area (Å²) in [4.78, 5) is 136. The first-order valence-corrected chi connectivity index (χ1v) is 36.4. The zero-order chi connectivity index (χ0) is 68.8. The van der Waals surface area contributed by atoms with Crippen molar-refractivity contribution in [2.75, 3.05) is 30.1 Å². The maximum Gasteiger partial charge on any atom is 0.407 e. The van der Waals surface area contributed by atoms with Gasteiger partial charge in [0.1, 0.15) is 64.7 Å². The Labute approximate surface area is 558 Å². The van der Waals surface area contributed by atoms with Crippen molar-refractivity contribution >= 4 is 124 Å². The van der Waals surface area contributed by atoms with Crippen molar-refractivity contribution < 1.29 is 66.5 Å². The van der Waals surface area contributed by atoms with Gasteiger partial charge in [-0.3, -0.25) is 43.3 Å². The molecule has 1 fully saturated rings. The van der Waals surface area contributed by atoms with Gasteiger partial charge in [-0.2, -0.15) is 0 Å².